The number of carboxylic acid groups (broad SMARTS) is 1. The summed E-state index contributed by atoms with van der Waals surface area (Å²) in [6.45, 7) is 0.915. The molecular weight excluding hydrogens is 276 g/mol. The third kappa shape index (κ3) is 3.52. The number of carbonyl (C=O) groups excluding carboxylic acids is 1. The van der Waals surface area contributed by atoms with Gasteiger partial charge in [-0.25, -0.2) is 4.79 Å². The molecule has 2 N–H and O–H groups in total. The third-order valence-electron chi connectivity index (χ3n) is 3.29. The van der Waals surface area contributed by atoms with Gasteiger partial charge in [-0.1, -0.05) is 12.1 Å². The molecule has 0 aliphatic carbocycles. The smallest absolute Gasteiger partial charge is 0.337 e. The highest BCUT2D eigenvalue weighted by Gasteiger charge is 2.22. The van der Waals surface area contributed by atoms with Gasteiger partial charge in [0.15, 0.2) is 0 Å². The quantitative estimate of drug-likeness (QED) is 0.879. The number of nitrogens with zero attached hydrogens (tertiary/aromatic N) is 1. The van der Waals surface area contributed by atoms with E-state index in [0.717, 1.165) is 18.1 Å². The van der Waals surface area contributed by atoms with E-state index in [1.807, 2.05) is 11.8 Å². The van der Waals surface area contributed by atoms with Crippen molar-refractivity contribution < 1.29 is 14.7 Å². The van der Waals surface area contributed by atoms with E-state index in [4.69, 9.17) is 5.11 Å². The molecule has 1 aromatic rings. The van der Waals surface area contributed by atoms with Crippen LogP contribution in [0.2, 0.25) is 0 Å². The van der Waals surface area contributed by atoms with Crippen molar-refractivity contribution in [2.75, 3.05) is 30.0 Å². The molecule has 1 aromatic carbocycles. The number of rotatable bonds is 4. The van der Waals surface area contributed by atoms with Crippen molar-refractivity contribution >= 4 is 29.3 Å². The first-order valence-corrected chi connectivity index (χ1v) is 7.65. The first kappa shape index (κ1) is 14.9. The Morgan fingerprint density at radius 3 is 2.85 bits per heavy atom. The van der Waals surface area contributed by atoms with Crippen molar-refractivity contribution in [3.05, 3.63) is 29.8 Å². The van der Waals surface area contributed by atoms with Crippen molar-refractivity contribution in [3.8, 4) is 0 Å². The summed E-state index contributed by atoms with van der Waals surface area (Å²) in [5, 5.41) is 12.5. The first-order chi connectivity index (χ1) is 9.59. The Balaban J connectivity index is 2.08. The van der Waals surface area contributed by atoms with E-state index in [9.17, 15) is 9.59 Å². The van der Waals surface area contributed by atoms with Crippen LogP contribution in [0.3, 0.4) is 0 Å². The van der Waals surface area contributed by atoms with Crippen LogP contribution in [0, 0.1) is 0 Å². The van der Waals surface area contributed by atoms with Crippen LogP contribution < -0.4 is 10.2 Å². The Morgan fingerprint density at radius 1 is 1.45 bits per heavy atom. The van der Waals surface area contributed by atoms with Crippen LogP contribution >= 0.6 is 11.8 Å². The molecule has 1 aliphatic heterocycles. The minimum absolute atomic E-state index is 0.0706. The zero-order chi connectivity index (χ0) is 14.5. The van der Waals surface area contributed by atoms with E-state index in [2.05, 4.69) is 5.32 Å². The standard InChI is InChI=1S/C14H18N2O3S/c1-16(12-5-3-2-4-11(12)14(18)19)13(17)8-10-9-20-7-6-15-10/h2-5,10,15H,6-9H2,1H3,(H,18,19). The highest BCUT2D eigenvalue weighted by atomic mass is 32.2. The van der Waals surface area contributed by atoms with Crippen LogP contribution in [0.1, 0.15) is 16.8 Å². The molecule has 108 valence electrons. The average Bonchev–Trinajstić information content (AvgIpc) is 2.47. The van der Waals surface area contributed by atoms with Crippen molar-refractivity contribution in [1.29, 1.82) is 0 Å². The molecule has 1 fully saturated rings. The van der Waals surface area contributed by atoms with Gasteiger partial charge in [0.05, 0.1) is 11.3 Å². The van der Waals surface area contributed by atoms with Crippen molar-refractivity contribution in [2.24, 2.45) is 0 Å². The predicted octanol–water partition coefficient (Wildman–Crippen LogP) is 1.44. The van der Waals surface area contributed by atoms with Crippen LogP contribution in [0.25, 0.3) is 0 Å². The second-order valence-electron chi connectivity index (χ2n) is 4.71. The van der Waals surface area contributed by atoms with Crippen molar-refractivity contribution in [1.82, 2.24) is 5.32 Å². The van der Waals surface area contributed by atoms with Crippen LogP contribution in [0.5, 0.6) is 0 Å². The number of carboxylic acids is 1. The summed E-state index contributed by atoms with van der Waals surface area (Å²) in [5.41, 5.74) is 0.586. The van der Waals surface area contributed by atoms with Crippen molar-refractivity contribution in [3.63, 3.8) is 0 Å². The van der Waals surface area contributed by atoms with E-state index in [0.29, 0.717) is 12.1 Å². The third-order valence-corrected chi connectivity index (χ3v) is 4.42. The molecule has 0 saturated carbocycles. The molecule has 5 nitrogen and oxygen atoms in total. The molecule has 0 radical (unpaired) electrons. The minimum atomic E-state index is -1.02. The van der Waals surface area contributed by atoms with Gasteiger partial charge in [-0.2, -0.15) is 11.8 Å². The summed E-state index contributed by atoms with van der Waals surface area (Å²) in [6, 6.07) is 6.73. The Bertz CT molecular complexity index is 501. The average molecular weight is 294 g/mol. The van der Waals surface area contributed by atoms with Crippen LogP contribution in [0.4, 0.5) is 5.69 Å². The molecule has 1 saturated heterocycles. The zero-order valence-corrected chi connectivity index (χ0v) is 12.2. The normalized spacial score (nSPS) is 18.6. The largest absolute Gasteiger partial charge is 0.478 e. The fourth-order valence-electron chi connectivity index (χ4n) is 2.18. The summed E-state index contributed by atoms with van der Waals surface area (Å²) in [7, 11) is 1.63. The lowest BCUT2D eigenvalue weighted by Crippen LogP contribution is -2.42. The van der Waals surface area contributed by atoms with E-state index >= 15 is 0 Å². The lowest BCUT2D eigenvalue weighted by atomic mass is 10.1. The van der Waals surface area contributed by atoms with Crippen LogP contribution in [-0.2, 0) is 4.79 Å². The summed E-state index contributed by atoms with van der Waals surface area (Å²) in [6.07, 6.45) is 0.386. The van der Waals surface area contributed by atoms with E-state index in [1.165, 1.54) is 11.0 Å². The predicted molar refractivity (Wildman–Crippen MR) is 80.5 cm³/mol. The minimum Gasteiger partial charge on any atom is -0.478 e. The van der Waals surface area contributed by atoms with E-state index < -0.39 is 5.97 Å². The van der Waals surface area contributed by atoms with Gasteiger partial charge >= 0.3 is 5.97 Å². The topological polar surface area (TPSA) is 69.6 Å². The van der Waals surface area contributed by atoms with Gasteiger partial charge in [-0.05, 0) is 12.1 Å². The number of hydrogen-bond acceptors (Lipinski definition) is 4. The number of carbonyl (C=O) groups is 2. The molecule has 2 rings (SSSR count). The maximum absolute atomic E-state index is 12.3. The number of thioether (sulfide) groups is 1. The maximum atomic E-state index is 12.3. The molecule has 0 bridgehead atoms. The molecule has 0 spiro atoms. The number of amides is 1. The number of aromatic carboxylic acids is 1. The highest BCUT2D eigenvalue weighted by molar-refractivity contribution is 7.99. The molecule has 6 heteroatoms. The number of anilines is 1. The van der Waals surface area contributed by atoms with Crippen LogP contribution in [0.15, 0.2) is 24.3 Å². The Kier molecular flexibility index (Phi) is 5.03. The van der Waals surface area contributed by atoms with Gasteiger partial charge in [0.2, 0.25) is 5.91 Å². The Labute approximate surface area is 122 Å². The monoisotopic (exact) mass is 294 g/mol. The second kappa shape index (κ2) is 6.76. The Hall–Kier alpha value is -1.53. The summed E-state index contributed by atoms with van der Waals surface area (Å²) in [5.74, 6) is 0.896. The van der Waals surface area contributed by atoms with Gasteiger partial charge in [0.1, 0.15) is 0 Å². The van der Waals surface area contributed by atoms with Gasteiger partial charge in [0.25, 0.3) is 0 Å². The van der Waals surface area contributed by atoms with E-state index in [-0.39, 0.29) is 17.5 Å². The number of benzene rings is 1. The number of para-hydroxylation sites is 1. The van der Waals surface area contributed by atoms with Gasteiger partial charge < -0.3 is 15.3 Å². The first-order valence-electron chi connectivity index (χ1n) is 6.49. The fraction of sp³-hybridized carbons (Fsp3) is 0.429. The zero-order valence-electron chi connectivity index (χ0n) is 11.3. The van der Waals surface area contributed by atoms with Crippen LogP contribution in [-0.4, -0.2) is 48.1 Å². The molecule has 20 heavy (non-hydrogen) atoms. The van der Waals surface area contributed by atoms with Gasteiger partial charge in [0, 0.05) is 37.6 Å². The number of nitrogens with one attached hydrogen (secondary N) is 1. The number of hydrogen-bond donors (Lipinski definition) is 2. The van der Waals surface area contributed by atoms with Crippen molar-refractivity contribution in [2.45, 2.75) is 12.5 Å². The highest BCUT2D eigenvalue weighted by Crippen LogP contribution is 2.21. The van der Waals surface area contributed by atoms with Gasteiger partial charge in [-0.3, -0.25) is 4.79 Å². The molecular formula is C14H18N2O3S. The lowest BCUT2D eigenvalue weighted by Gasteiger charge is -2.26. The summed E-state index contributed by atoms with van der Waals surface area (Å²) < 4.78 is 0. The lowest BCUT2D eigenvalue weighted by molar-refractivity contribution is -0.118. The summed E-state index contributed by atoms with van der Waals surface area (Å²) >= 11 is 1.83. The molecule has 1 unspecified atom stereocenters. The molecule has 1 aliphatic rings. The molecule has 1 heterocycles. The Morgan fingerprint density at radius 2 is 2.20 bits per heavy atom. The van der Waals surface area contributed by atoms with Gasteiger partial charge in [-0.15, -0.1) is 0 Å². The van der Waals surface area contributed by atoms with E-state index in [1.54, 1.807) is 25.2 Å². The maximum Gasteiger partial charge on any atom is 0.337 e. The molecule has 1 amide bonds. The molecule has 1 atom stereocenters. The fourth-order valence-corrected chi connectivity index (χ4v) is 3.13. The molecule has 0 aromatic heterocycles. The summed E-state index contributed by atoms with van der Waals surface area (Å²) in [4.78, 5) is 24.9. The second-order valence-corrected chi connectivity index (χ2v) is 5.85. The SMILES string of the molecule is CN(C(=O)CC1CSCCN1)c1ccccc1C(=O)O.